The summed E-state index contributed by atoms with van der Waals surface area (Å²) in [6.45, 7) is -0.277. The molecule has 0 N–H and O–H groups in total. The molecule has 0 fully saturated rings. The van der Waals surface area contributed by atoms with Crippen molar-refractivity contribution in [3.63, 3.8) is 0 Å². The molecule has 0 unspecified atom stereocenters. The molecule has 10 heteroatoms. The van der Waals surface area contributed by atoms with Gasteiger partial charge in [-0.15, -0.1) is 0 Å². The third-order valence-corrected chi connectivity index (χ3v) is 4.20. The van der Waals surface area contributed by atoms with Gasteiger partial charge in [-0.3, -0.25) is 0 Å². The number of carbonyl (C=O) groups excluding carboxylic acids is 1. The van der Waals surface area contributed by atoms with E-state index in [1.165, 1.54) is 27.4 Å². The lowest BCUT2D eigenvalue weighted by atomic mass is 10.0. The minimum Gasteiger partial charge on any atom is -0.464 e. The second-order valence-corrected chi connectivity index (χ2v) is 6.16. The molecule has 0 saturated carbocycles. The Bertz CT molecular complexity index is 966. The number of nitrogens with zero attached hydrogens (tertiary/aromatic N) is 2. The summed E-state index contributed by atoms with van der Waals surface area (Å²) >= 11 is 6.25. The molecule has 2 aromatic carbocycles. The van der Waals surface area contributed by atoms with Gasteiger partial charge in [-0.1, -0.05) is 34.0 Å². The fourth-order valence-corrected chi connectivity index (χ4v) is 2.73. The van der Waals surface area contributed by atoms with Gasteiger partial charge in [0.15, 0.2) is 5.71 Å². The smallest absolute Gasteiger partial charge is 0.360 e. The van der Waals surface area contributed by atoms with E-state index >= 15 is 0 Å². The van der Waals surface area contributed by atoms with Crippen LogP contribution in [-0.4, -0.2) is 45.3 Å². The van der Waals surface area contributed by atoms with Crippen LogP contribution in [0.2, 0.25) is 5.02 Å². The lowest BCUT2D eigenvalue weighted by Crippen LogP contribution is -2.20. The molecule has 0 amide bonds. The number of hydrogen-bond acceptors (Lipinski definition) is 7. The van der Waals surface area contributed by atoms with Crippen LogP contribution in [0.15, 0.2) is 46.7 Å². The van der Waals surface area contributed by atoms with Gasteiger partial charge < -0.3 is 19.1 Å². The van der Waals surface area contributed by atoms with Gasteiger partial charge in [0.1, 0.15) is 31.1 Å². The highest BCUT2D eigenvalue weighted by Crippen LogP contribution is 2.23. The standard InChI is InChI=1S/C20H19ClF2N2O5/c1-27-11-18(14-8-7-12(22)9-17(14)23)24-30-10-15-13(5-4-6-16(15)21)19(25-29-3)20(26)28-2/h4-9H,10-11H2,1-3H3/b24-18+,25-19+. The number of halogens is 3. The summed E-state index contributed by atoms with van der Waals surface area (Å²) in [7, 11) is 3.88. The fourth-order valence-electron chi connectivity index (χ4n) is 2.50. The average molecular weight is 441 g/mol. The number of ether oxygens (including phenoxy) is 2. The van der Waals surface area contributed by atoms with Gasteiger partial charge in [0.25, 0.3) is 0 Å². The maximum Gasteiger partial charge on any atom is 0.360 e. The number of rotatable bonds is 9. The molecular formula is C20H19ClF2N2O5. The Morgan fingerprint density at radius 3 is 2.47 bits per heavy atom. The molecule has 7 nitrogen and oxygen atoms in total. The predicted octanol–water partition coefficient (Wildman–Crippen LogP) is 3.71. The van der Waals surface area contributed by atoms with Crippen molar-refractivity contribution in [2.75, 3.05) is 27.9 Å². The Hall–Kier alpha value is -3.04. The summed E-state index contributed by atoms with van der Waals surface area (Å²) in [5.74, 6) is -2.27. The highest BCUT2D eigenvalue weighted by Gasteiger charge is 2.21. The van der Waals surface area contributed by atoms with E-state index in [4.69, 9.17) is 30.7 Å². The zero-order valence-electron chi connectivity index (χ0n) is 16.4. The molecule has 2 aromatic rings. The van der Waals surface area contributed by atoms with Crippen molar-refractivity contribution in [2.24, 2.45) is 10.3 Å². The average Bonchev–Trinajstić information content (AvgIpc) is 2.72. The Kier molecular flexibility index (Phi) is 8.70. The first-order valence-corrected chi connectivity index (χ1v) is 8.91. The van der Waals surface area contributed by atoms with Crippen LogP contribution in [0.25, 0.3) is 0 Å². The SMILES string of the molecule is COC/C(=N\OCc1c(Cl)cccc1/C(=N\OC)C(=O)OC)c1ccc(F)cc1F. The summed E-state index contributed by atoms with van der Waals surface area (Å²) in [6.07, 6.45) is 0. The highest BCUT2D eigenvalue weighted by atomic mass is 35.5. The normalized spacial score (nSPS) is 11.9. The topological polar surface area (TPSA) is 78.7 Å². The molecule has 0 atom stereocenters. The summed E-state index contributed by atoms with van der Waals surface area (Å²) in [5, 5.41) is 7.87. The summed E-state index contributed by atoms with van der Waals surface area (Å²) < 4.78 is 37.0. The Balaban J connectivity index is 2.35. The van der Waals surface area contributed by atoms with Gasteiger partial charge >= 0.3 is 5.97 Å². The molecule has 0 saturated heterocycles. The Morgan fingerprint density at radius 2 is 1.83 bits per heavy atom. The van der Waals surface area contributed by atoms with E-state index in [-0.39, 0.29) is 35.2 Å². The number of esters is 1. The zero-order valence-corrected chi connectivity index (χ0v) is 17.2. The largest absolute Gasteiger partial charge is 0.464 e. The number of methoxy groups -OCH3 is 2. The van der Waals surface area contributed by atoms with Crippen LogP contribution in [0.3, 0.4) is 0 Å². The van der Waals surface area contributed by atoms with Crippen molar-refractivity contribution < 1.29 is 32.7 Å². The van der Waals surface area contributed by atoms with E-state index in [1.54, 1.807) is 18.2 Å². The van der Waals surface area contributed by atoms with Gasteiger partial charge in [0.05, 0.1) is 13.7 Å². The van der Waals surface area contributed by atoms with Crippen LogP contribution in [-0.2, 0) is 30.6 Å². The van der Waals surface area contributed by atoms with Crippen molar-refractivity contribution in [3.8, 4) is 0 Å². The molecule has 0 spiro atoms. The quantitative estimate of drug-likeness (QED) is 0.337. The van der Waals surface area contributed by atoms with E-state index < -0.39 is 17.6 Å². The first kappa shape index (κ1) is 23.2. The molecule has 0 heterocycles. The second kappa shape index (κ2) is 11.2. The first-order valence-electron chi connectivity index (χ1n) is 8.53. The van der Waals surface area contributed by atoms with Crippen LogP contribution in [0.4, 0.5) is 8.78 Å². The monoisotopic (exact) mass is 440 g/mol. The van der Waals surface area contributed by atoms with E-state index in [9.17, 15) is 13.6 Å². The summed E-state index contributed by atoms with van der Waals surface area (Å²) in [5.41, 5.74) is 0.691. The number of oxime groups is 2. The van der Waals surface area contributed by atoms with Crippen LogP contribution >= 0.6 is 11.6 Å². The number of benzene rings is 2. The highest BCUT2D eigenvalue weighted by molar-refractivity contribution is 6.44. The van der Waals surface area contributed by atoms with Crippen LogP contribution in [0.5, 0.6) is 0 Å². The zero-order chi connectivity index (χ0) is 22.1. The van der Waals surface area contributed by atoms with Crippen molar-refractivity contribution in [1.29, 1.82) is 0 Å². The Morgan fingerprint density at radius 1 is 1.07 bits per heavy atom. The number of carbonyl (C=O) groups is 1. The molecule has 0 radical (unpaired) electrons. The van der Waals surface area contributed by atoms with Gasteiger partial charge in [-0.05, 0) is 18.2 Å². The lowest BCUT2D eigenvalue weighted by Gasteiger charge is -2.12. The van der Waals surface area contributed by atoms with Crippen molar-refractivity contribution >= 4 is 29.0 Å². The molecular weight excluding hydrogens is 422 g/mol. The molecule has 0 aliphatic rings. The molecule has 160 valence electrons. The van der Waals surface area contributed by atoms with E-state index in [1.807, 2.05) is 0 Å². The third kappa shape index (κ3) is 5.74. The van der Waals surface area contributed by atoms with Crippen molar-refractivity contribution in [2.45, 2.75) is 6.61 Å². The maximum absolute atomic E-state index is 14.1. The van der Waals surface area contributed by atoms with Gasteiger partial charge in [0, 0.05) is 34.9 Å². The maximum atomic E-state index is 14.1. The molecule has 0 aliphatic carbocycles. The molecule has 0 bridgehead atoms. The van der Waals surface area contributed by atoms with E-state index in [2.05, 4.69) is 10.3 Å². The summed E-state index contributed by atoms with van der Waals surface area (Å²) in [6, 6.07) is 7.84. The molecule has 0 aliphatic heterocycles. The molecule has 2 rings (SSSR count). The Labute approximate surface area is 176 Å². The van der Waals surface area contributed by atoms with Crippen LogP contribution in [0, 0.1) is 11.6 Å². The van der Waals surface area contributed by atoms with Crippen LogP contribution in [0.1, 0.15) is 16.7 Å². The fraction of sp³-hybridized carbons (Fsp3) is 0.250. The van der Waals surface area contributed by atoms with E-state index in [0.717, 1.165) is 12.1 Å². The molecule has 0 aromatic heterocycles. The molecule has 30 heavy (non-hydrogen) atoms. The summed E-state index contributed by atoms with van der Waals surface area (Å²) in [4.78, 5) is 22.1. The lowest BCUT2D eigenvalue weighted by molar-refractivity contribution is -0.132. The first-order chi connectivity index (χ1) is 14.4. The third-order valence-electron chi connectivity index (χ3n) is 3.84. The van der Waals surface area contributed by atoms with E-state index in [0.29, 0.717) is 11.1 Å². The minimum atomic E-state index is -0.812. The van der Waals surface area contributed by atoms with Gasteiger partial charge in [-0.2, -0.15) is 0 Å². The van der Waals surface area contributed by atoms with Crippen molar-refractivity contribution in [1.82, 2.24) is 0 Å². The van der Waals surface area contributed by atoms with Gasteiger partial charge in [-0.25, -0.2) is 13.6 Å². The predicted molar refractivity (Wildman–Crippen MR) is 107 cm³/mol. The number of hydrogen-bond donors (Lipinski definition) is 0. The minimum absolute atomic E-state index is 0.0221. The van der Waals surface area contributed by atoms with Crippen molar-refractivity contribution in [3.05, 3.63) is 69.7 Å². The second-order valence-electron chi connectivity index (χ2n) is 5.75. The van der Waals surface area contributed by atoms with Gasteiger partial charge in [0.2, 0.25) is 0 Å². The van der Waals surface area contributed by atoms with Crippen LogP contribution < -0.4 is 0 Å².